The van der Waals surface area contributed by atoms with Crippen LogP contribution in [0.3, 0.4) is 0 Å². The lowest BCUT2D eigenvalue weighted by atomic mass is 9.96. The van der Waals surface area contributed by atoms with Gasteiger partial charge in [0.15, 0.2) is 0 Å². The molecule has 0 unspecified atom stereocenters. The zero-order valence-corrected chi connectivity index (χ0v) is 15.5. The lowest BCUT2D eigenvalue weighted by molar-refractivity contribution is -0.136. The van der Waals surface area contributed by atoms with Crippen molar-refractivity contribution in [2.75, 3.05) is 38.5 Å². The van der Waals surface area contributed by atoms with Crippen LogP contribution in [-0.2, 0) is 6.18 Å². The standard InChI is InChI=1S/C19H28F3N3O/c1-3-4-11-24(2)14-15-9-12-25(13-10-15)18(26)23-17-8-6-5-7-16(17)19(20,21)22/h5-8,15H,3-4,9-14H2,1-2H3,(H,23,26). The van der Waals surface area contributed by atoms with Gasteiger partial charge in [0, 0.05) is 19.6 Å². The van der Waals surface area contributed by atoms with Gasteiger partial charge in [0.25, 0.3) is 0 Å². The Balaban J connectivity index is 1.86. The highest BCUT2D eigenvalue weighted by molar-refractivity contribution is 5.90. The number of urea groups is 1. The predicted molar refractivity (Wildman–Crippen MR) is 97.2 cm³/mol. The number of nitrogens with zero attached hydrogens (tertiary/aromatic N) is 2. The molecule has 146 valence electrons. The molecule has 1 aliphatic rings. The number of hydrogen-bond acceptors (Lipinski definition) is 2. The van der Waals surface area contributed by atoms with Crippen LogP contribution in [-0.4, -0.2) is 49.1 Å². The van der Waals surface area contributed by atoms with Crippen molar-refractivity contribution in [3.05, 3.63) is 29.8 Å². The number of piperidine rings is 1. The summed E-state index contributed by atoms with van der Waals surface area (Å²) >= 11 is 0. The SMILES string of the molecule is CCCCN(C)CC1CCN(C(=O)Nc2ccccc2C(F)(F)F)CC1. The van der Waals surface area contributed by atoms with Gasteiger partial charge in [0.2, 0.25) is 0 Å². The second-order valence-electron chi connectivity index (χ2n) is 7.02. The van der Waals surface area contributed by atoms with E-state index in [2.05, 4.69) is 24.2 Å². The van der Waals surface area contributed by atoms with Crippen molar-refractivity contribution in [1.82, 2.24) is 9.80 Å². The van der Waals surface area contributed by atoms with E-state index in [1.807, 2.05) is 0 Å². The average Bonchev–Trinajstić information content (AvgIpc) is 2.60. The fourth-order valence-corrected chi connectivity index (χ4v) is 3.31. The zero-order chi connectivity index (χ0) is 19.2. The minimum Gasteiger partial charge on any atom is -0.325 e. The molecule has 1 aliphatic heterocycles. The first kappa shape index (κ1) is 20.6. The van der Waals surface area contributed by atoms with Gasteiger partial charge in [0.05, 0.1) is 11.3 Å². The molecule has 1 saturated heterocycles. The molecule has 0 aliphatic carbocycles. The maximum absolute atomic E-state index is 13.0. The summed E-state index contributed by atoms with van der Waals surface area (Å²) in [5.41, 5.74) is -1.01. The van der Waals surface area contributed by atoms with E-state index in [9.17, 15) is 18.0 Å². The number of para-hydroxylation sites is 1. The highest BCUT2D eigenvalue weighted by Crippen LogP contribution is 2.34. The number of rotatable bonds is 6. The zero-order valence-electron chi connectivity index (χ0n) is 15.5. The Bertz CT molecular complexity index is 584. The first-order valence-electron chi connectivity index (χ1n) is 9.22. The second kappa shape index (κ2) is 9.26. The third kappa shape index (κ3) is 5.90. The fourth-order valence-electron chi connectivity index (χ4n) is 3.31. The van der Waals surface area contributed by atoms with Crippen molar-refractivity contribution in [1.29, 1.82) is 0 Å². The number of nitrogens with one attached hydrogen (secondary N) is 1. The molecule has 1 heterocycles. The largest absolute Gasteiger partial charge is 0.418 e. The topological polar surface area (TPSA) is 35.6 Å². The molecule has 26 heavy (non-hydrogen) atoms. The van der Waals surface area contributed by atoms with Crippen LogP contribution in [0.25, 0.3) is 0 Å². The number of amides is 2. The normalized spacial score (nSPS) is 16.2. The Morgan fingerprint density at radius 2 is 1.92 bits per heavy atom. The number of unbranched alkanes of at least 4 members (excludes halogenated alkanes) is 1. The van der Waals surface area contributed by atoms with Gasteiger partial charge in [-0.25, -0.2) is 4.79 Å². The molecular weight excluding hydrogens is 343 g/mol. The summed E-state index contributed by atoms with van der Waals surface area (Å²) in [6.07, 6.45) is -0.381. The Morgan fingerprint density at radius 3 is 2.54 bits per heavy atom. The highest BCUT2D eigenvalue weighted by Gasteiger charge is 2.34. The summed E-state index contributed by atoms with van der Waals surface area (Å²) in [5, 5.41) is 2.43. The fraction of sp³-hybridized carbons (Fsp3) is 0.632. The molecule has 1 N–H and O–H groups in total. The Kier molecular flexibility index (Phi) is 7.32. The molecule has 2 amide bonds. The van der Waals surface area contributed by atoms with Crippen LogP contribution in [0.1, 0.15) is 38.2 Å². The van der Waals surface area contributed by atoms with E-state index >= 15 is 0 Å². The lowest BCUT2D eigenvalue weighted by Gasteiger charge is -2.34. The number of carbonyl (C=O) groups excluding carboxylic acids is 1. The molecule has 2 rings (SSSR count). The molecule has 1 fully saturated rings. The van der Waals surface area contributed by atoms with Gasteiger partial charge in [-0.1, -0.05) is 25.5 Å². The molecule has 4 nitrogen and oxygen atoms in total. The van der Waals surface area contributed by atoms with Crippen LogP contribution in [0.4, 0.5) is 23.7 Å². The van der Waals surface area contributed by atoms with E-state index in [-0.39, 0.29) is 5.69 Å². The molecule has 1 aromatic rings. The van der Waals surface area contributed by atoms with E-state index in [0.29, 0.717) is 19.0 Å². The second-order valence-corrected chi connectivity index (χ2v) is 7.02. The summed E-state index contributed by atoms with van der Waals surface area (Å²) in [5.74, 6) is 0.531. The minimum atomic E-state index is -4.49. The smallest absolute Gasteiger partial charge is 0.325 e. The third-order valence-corrected chi connectivity index (χ3v) is 4.84. The van der Waals surface area contributed by atoms with Gasteiger partial charge in [-0.2, -0.15) is 13.2 Å². The molecular formula is C19H28F3N3O. The number of benzene rings is 1. The molecule has 0 aromatic heterocycles. The van der Waals surface area contributed by atoms with E-state index in [1.165, 1.54) is 31.0 Å². The van der Waals surface area contributed by atoms with E-state index in [4.69, 9.17) is 0 Å². The van der Waals surface area contributed by atoms with Crippen molar-refractivity contribution >= 4 is 11.7 Å². The Labute approximate surface area is 153 Å². The maximum atomic E-state index is 13.0. The van der Waals surface area contributed by atoms with Crippen LogP contribution in [0.5, 0.6) is 0 Å². The quantitative estimate of drug-likeness (QED) is 0.788. The first-order valence-corrected chi connectivity index (χ1v) is 9.22. The number of alkyl halides is 3. The third-order valence-electron chi connectivity index (χ3n) is 4.84. The molecule has 0 atom stereocenters. The Morgan fingerprint density at radius 1 is 1.27 bits per heavy atom. The van der Waals surface area contributed by atoms with E-state index < -0.39 is 17.8 Å². The number of anilines is 1. The number of hydrogen-bond donors (Lipinski definition) is 1. The molecule has 0 saturated carbocycles. The van der Waals surface area contributed by atoms with Gasteiger partial charge in [-0.05, 0) is 50.9 Å². The summed E-state index contributed by atoms with van der Waals surface area (Å²) in [7, 11) is 2.11. The average molecular weight is 371 g/mol. The lowest BCUT2D eigenvalue weighted by Crippen LogP contribution is -2.43. The molecule has 7 heteroatoms. The maximum Gasteiger partial charge on any atom is 0.418 e. The van der Waals surface area contributed by atoms with Crippen LogP contribution in [0.2, 0.25) is 0 Å². The van der Waals surface area contributed by atoms with Crippen molar-refractivity contribution in [3.8, 4) is 0 Å². The first-order chi connectivity index (χ1) is 12.3. The Hall–Kier alpha value is -1.76. The highest BCUT2D eigenvalue weighted by atomic mass is 19.4. The van der Waals surface area contributed by atoms with Crippen molar-refractivity contribution in [2.45, 2.75) is 38.8 Å². The molecule has 0 spiro atoms. The van der Waals surface area contributed by atoms with Crippen molar-refractivity contribution in [3.63, 3.8) is 0 Å². The van der Waals surface area contributed by atoms with E-state index in [1.54, 1.807) is 4.90 Å². The van der Waals surface area contributed by atoms with Crippen molar-refractivity contribution < 1.29 is 18.0 Å². The van der Waals surface area contributed by atoms with Gasteiger partial charge < -0.3 is 15.1 Å². The van der Waals surface area contributed by atoms with Crippen LogP contribution in [0, 0.1) is 5.92 Å². The summed E-state index contributed by atoms with van der Waals surface area (Å²) in [6.45, 7) is 5.40. The van der Waals surface area contributed by atoms with Crippen molar-refractivity contribution in [2.24, 2.45) is 5.92 Å². The van der Waals surface area contributed by atoms with Crippen LogP contribution < -0.4 is 5.32 Å². The number of likely N-dealkylation sites (tertiary alicyclic amines) is 1. The van der Waals surface area contributed by atoms with Gasteiger partial charge in [-0.3, -0.25) is 0 Å². The molecule has 0 radical (unpaired) electrons. The monoisotopic (exact) mass is 371 g/mol. The minimum absolute atomic E-state index is 0.188. The predicted octanol–water partition coefficient (Wildman–Crippen LogP) is 4.68. The summed E-state index contributed by atoms with van der Waals surface area (Å²) in [6, 6.07) is 4.62. The van der Waals surface area contributed by atoms with Crippen LogP contribution >= 0.6 is 0 Å². The molecule has 0 bridgehead atoms. The van der Waals surface area contributed by atoms with Crippen LogP contribution in [0.15, 0.2) is 24.3 Å². The molecule has 1 aromatic carbocycles. The van der Waals surface area contributed by atoms with E-state index in [0.717, 1.165) is 32.0 Å². The van der Waals surface area contributed by atoms with Gasteiger partial charge in [-0.15, -0.1) is 0 Å². The number of halogens is 3. The van der Waals surface area contributed by atoms with Gasteiger partial charge in [0.1, 0.15) is 0 Å². The number of carbonyl (C=O) groups is 1. The summed E-state index contributed by atoms with van der Waals surface area (Å²) < 4.78 is 39.1. The van der Waals surface area contributed by atoms with Gasteiger partial charge >= 0.3 is 12.2 Å². The summed E-state index contributed by atoms with van der Waals surface area (Å²) in [4.78, 5) is 16.3.